The van der Waals surface area contributed by atoms with E-state index < -0.39 is 0 Å². The number of hydrogen-bond donors (Lipinski definition) is 3. The second-order valence-electron chi connectivity index (χ2n) is 5.05. The summed E-state index contributed by atoms with van der Waals surface area (Å²) in [4.78, 5) is 16.3. The van der Waals surface area contributed by atoms with Gasteiger partial charge in [0.05, 0.1) is 6.33 Å². The molecule has 0 aromatic carbocycles. The maximum Gasteiger partial charge on any atom is 0.226 e. The summed E-state index contributed by atoms with van der Waals surface area (Å²) in [5, 5.41) is 6.75. The van der Waals surface area contributed by atoms with Crippen LogP contribution in [0.1, 0.15) is 39.0 Å². The van der Waals surface area contributed by atoms with Crippen molar-refractivity contribution in [3.8, 4) is 0 Å². The van der Waals surface area contributed by atoms with Crippen LogP contribution < -0.4 is 10.6 Å². The molecule has 0 radical (unpaired) electrons. The van der Waals surface area contributed by atoms with Gasteiger partial charge in [0.25, 0.3) is 0 Å². The van der Waals surface area contributed by atoms with Crippen molar-refractivity contribution in [2.24, 2.45) is 0 Å². The molecule has 6 heteroatoms. The summed E-state index contributed by atoms with van der Waals surface area (Å²) >= 11 is 0. The number of aromatic amines is 1. The Labute approximate surface area is 112 Å². The number of hydrogen-bond acceptors (Lipinski definition) is 5. The standard InChI is InChI=1S/C13H20N6/c1-2-7-14-13-18-11-10(15-8-16-11)12(19-13)17-9-5-3-4-6-9/h8-9H,2-7H2,1H3,(H3,14,15,16,17,18,19). The van der Waals surface area contributed by atoms with E-state index in [-0.39, 0.29) is 0 Å². The van der Waals surface area contributed by atoms with Gasteiger partial charge < -0.3 is 15.6 Å². The lowest BCUT2D eigenvalue weighted by atomic mass is 10.2. The van der Waals surface area contributed by atoms with Crippen molar-refractivity contribution in [1.29, 1.82) is 0 Å². The largest absolute Gasteiger partial charge is 0.365 e. The SMILES string of the molecule is CCCNc1nc(NC2CCCC2)c2[nH]cnc2n1. The quantitative estimate of drug-likeness (QED) is 0.770. The number of fused-ring (bicyclic) bond motifs is 1. The number of nitrogens with one attached hydrogen (secondary N) is 3. The molecular weight excluding hydrogens is 240 g/mol. The fourth-order valence-electron chi connectivity index (χ4n) is 2.52. The molecule has 3 N–H and O–H groups in total. The number of imidazole rings is 1. The van der Waals surface area contributed by atoms with Crippen LogP contribution in [0.25, 0.3) is 11.2 Å². The van der Waals surface area contributed by atoms with Crippen LogP contribution in [0.5, 0.6) is 0 Å². The molecule has 3 rings (SSSR count). The molecule has 0 atom stereocenters. The van der Waals surface area contributed by atoms with Gasteiger partial charge in [0, 0.05) is 12.6 Å². The van der Waals surface area contributed by atoms with E-state index in [1.165, 1.54) is 25.7 Å². The van der Waals surface area contributed by atoms with E-state index >= 15 is 0 Å². The molecule has 1 saturated carbocycles. The molecule has 102 valence electrons. The van der Waals surface area contributed by atoms with Crippen molar-refractivity contribution in [1.82, 2.24) is 19.9 Å². The Bertz CT molecular complexity index is 543. The zero-order valence-corrected chi connectivity index (χ0v) is 11.2. The minimum Gasteiger partial charge on any atom is -0.365 e. The van der Waals surface area contributed by atoms with E-state index in [4.69, 9.17) is 0 Å². The van der Waals surface area contributed by atoms with Crippen molar-refractivity contribution >= 4 is 22.9 Å². The van der Waals surface area contributed by atoms with Crippen molar-refractivity contribution in [2.45, 2.75) is 45.1 Å². The number of H-pyrrole nitrogens is 1. The number of nitrogens with zero attached hydrogens (tertiary/aromatic N) is 3. The second kappa shape index (κ2) is 5.42. The lowest BCUT2D eigenvalue weighted by molar-refractivity contribution is 0.751. The minimum atomic E-state index is 0.528. The maximum absolute atomic E-state index is 4.57. The topological polar surface area (TPSA) is 78.5 Å². The van der Waals surface area contributed by atoms with Gasteiger partial charge in [-0.1, -0.05) is 19.8 Å². The molecule has 1 aliphatic rings. The van der Waals surface area contributed by atoms with Gasteiger partial charge in [0.1, 0.15) is 5.52 Å². The molecule has 0 bridgehead atoms. The van der Waals surface area contributed by atoms with Gasteiger partial charge in [0.2, 0.25) is 5.95 Å². The first-order valence-electron chi connectivity index (χ1n) is 7.08. The zero-order valence-electron chi connectivity index (χ0n) is 11.2. The van der Waals surface area contributed by atoms with E-state index in [9.17, 15) is 0 Å². The summed E-state index contributed by atoms with van der Waals surface area (Å²) in [5.41, 5.74) is 1.61. The van der Waals surface area contributed by atoms with Crippen molar-refractivity contribution in [3.63, 3.8) is 0 Å². The Hall–Kier alpha value is -1.85. The van der Waals surface area contributed by atoms with E-state index in [2.05, 4.69) is 37.5 Å². The highest BCUT2D eigenvalue weighted by Gasteiger charge is 2.18. The molecule has 2 aromatic rings. The van der Waals surface area contributed by atoms with Crippen LogP contribution in [-0.4, -0.2) is 32.5 Å². The smallest absolute Gasteiger partial charge is 0.226 e. The van der Waals surface area contributed by atoms with Crippen molar-refractivity contribution in [3.05, 3.63) is 6.33 Å². The molecule has 2 aromatic heterocycles. The van der Waals surface area contributed by atoms with Crippen molar-refractivity contribution in [2.75, 3.05) is 17.2 Å². The molecule has 19 heavy (non-hydrogen) atoms. The third-order valence-corrected chi connectivity index (χ3v) is 3.51. The normalized spacial score (nSPS) is 16.1. The number of rotatable bonds is 5. The molecule has 0 amide bonds. The van der Waals surface area contributed by atoms with E-state index in [0.717, 1.165) is 24.3 Å². The van der Waals surface area contributed by atoms with Crippen LogP contribution in [0.2, 0.25) is 0 Å². The molecule has 6 nitrogen and oxygen atoms in total. The molecule has 1 aliphatic carbocycles. The molecule has 0 saturated heterocycles. The summed E-state index contributed by atoms with van der Waals surface area (Å²) in [6.45, 7) is 3.00. The maximum atomic E-state index is 4.57. The van der Waals surface area contributed by atoms with Gasteiger partial charge >= 0.3 is 0 Å². The van der Waals surface area contributed by atoms with E-state index in [1.807, 2.05) is 0 Å². The molecule has 0 aliphatic heterocycles. The summed E-state index contributed by atoms with van der Waals surface area (Å²) < 4.78 is 0. The van der Waals surface area contributed by atoms with Crippen LogP contribution in [0.3, 0.4) is 0 Å². The molecule has 0 unspecified atom stereocenters. The first-order valence-corrected chi connectivity index (χ1v) is 7.08. The minimum absolute atomic E-state index is 0.528. The Balaban J connectivity index is 1.88. The Morgan fingerprint density at radius 3 is 2.95 bits per heavy atom. The molecular formula is C13H20N6. The van der Waals surface area contributed by atoms with E-state index in [0.29, 0.717) is 17.6 Å². The Morgan fingerprint density at radius 1 is 1.32 bits per heavy atom. The predicted molar refractivity (Wildman–Crippen MR) is 76.3 cm³/mol. The van der Waals surface area contributed by atoms with Gasteiger partial charge in [-0.25, -0.2) is 4.98 Å². The Morgan fingerprint density at radius 2 is 2.16 bits per heavy atom. The third-order valence-electron chi connectivity index (χ3n) is 3.51. The lowest BCUT2D eigenvalue weighted by Crippen LogP contribution is -2.17. The summed E-state index contributed by atoms with van der Waals surface area (Å²) in [6, 6.07) is 0.528. The third kappa shape index (κ3) is 2.62. The van der Waals surface area contributed by atoms with Crippen LogP contribution >= 0.6 is 0 Å². The van der Waals surface area contributed by atoms with Crippen LogP contribution in [0, 0.1) is 0 Å². The predicted octanol–water partition coefficient (Wildman–Crippen LogP) is 2.53. The highest BCUT2D eigenvalue weighted by atomic mass is 15.2. The number of aromatic nitrogens is 4. The van der Waals surface area contributed by atoms with Gasteiger partial charge in [0.15, 0.2) is 11.5 Å². The first-order chi connectivity index (χ1) is 9.36. The number of anilines is 2. The lowest BCUT2D eigenvalue weighted by Gasteiger charge is -2.14. The average Bonchev–Trinajstić information content (AvgIpc) is 3.06. The molecule has 1 fully saturated rings. The molecule has 2 heterocycles. The summed E-state index contributed by atoms with van der Waals surface area (Å²) in [6.07, 6.45) is 7.76. The highest BCUT2D eigenvalue weighted by molar-refractivity contribution is 5.83. The first kappa shape index (κ1) is 12.2. The summed E-state index contributed by atoms with van der Waals surface area (Å²) in [7, 11) is 0. The average molecular weight is 260 g/mol. The fraction of sp³-hybridized carbons (Fsp3) is 0.615. The Kier molecular flexibility index (Phi) is 3.48. The highest BCUT2D eigenvalue weighted by Crippen LogP contribution is 2.25. The van der Waals surface area contributed by atoms with Gasteiger partial charge in [-0.3, -0.25) is 0 Å². The zero-order chi connectivity index (χ0) is 13.1. The van der Waals surface area contributed by atoms with Crippen LogP contribution in [-0.2, 0) is 0 Å². The monoisotopic (exact) mass is 260 g/mol. The molecule has 0 spiro atoms. The van der Waals surface area contributed by atoms with Gasteiger partial charge in [-0.2, -0.15) is 9.97 Å². The van der Waals surface area contributed by atoms with Crippen LogP contribution in [0.4, 0.5) is 11.8 Å². The van der Waals surface area contributed by atoms with Gasteiger partial charge in [-0.15, -0.1) is 0 Å². The second-order valence-corrected chi connectivity index (χ2v) is 5.05. The van der Waals surface area contributed by atoms with Crippen molar-refractivity contribution < 1.29 is 0 Å². The summed E-state index contributed by atoms with van der Waals surface area (Å²) in [5.74, 6) is 1.52. The van der Waals surface area contributed by atoms with Gasteiger partial charge in [-0.05, 0) is 19.3 Å². The van der Waals surface area contributed by atoms with E-state index in [1.54, 1.807) is 6.33 Å². The van der Waals surface area contributed by atoms with Crippen LogP contribution in [0.15, 0.2) is 6.33 Å². The fourth-order valence-corrected chi connectivity index (χ4v) is 2.52.